The Bertz CT molecular complexity index is 4180. The molecule has 14 rings (SSSR count). The van der Waals surface area contributed by atoms with Crippen LogP contribution >= 0.6 is 0 Å². The lowest BCUT2D eigenvalue weighted by Gasteiger charge is -2.21. The van der Waals surface area contributed by atoms with Crippen LogP contribution in [0.5, 0.6) is 0 Å². The SMILES string of the molecule is CC1(C)c2ccccc2-c2ccc(-c3nc(-c4ccccc4)nc(-c4cccc(-c5ccc6c7ccccc7n(-c7ccc(-c8ccc9c(c8)c8ccccc8n9C8=CCCC=C8)cc7)c6c5)c4)n3)cc21. The van der Waals surface area contributed by atoms with Crippen molar-refractivity contribution >= 4 is 49.3 Å². The first-order valence-electron chi connectivity index (χ1n) is 24.7. The molecule has 2 aliphatic rings. The van der Waals surface area contributed by atoms with Crippen LogP contribution in [0.3, 0.4) is 0 Å². The van der Waals surface area contributed by atoms with Crippen molar-refractivity contribution in [2.24, 2.45) is 0 Å². The van der Waals surface area contributed by atoms with Gasteiger partial charge in [-0.2, -0.15) is 0 Å². The van der Waals surface area contributed by atoms with Crippen LogP contribution in [0.4, 0.5) is 0 Å². The standard InChI is InChI=1S/C66H47N5/c1-66(2)57-25-12-9-22-51(57)52-35-31-48(40-58(52)66)65-68-63(43-16-5-3-6-17-43)67-64(69-65)47-19-15-18-44(38-47)46-30-36-55-53-23-10-13-26-59(53)71(62(55)41-46)50-33-28-42(29-34-50)45-32-37-61-56(39-45)54-24-11-14-27-60(54)70(61)49-20-7-4-8-21-49/h3,5-7,9-41H,4,8H2,1-2H3. The van der Waals surface area contributed by atoms with Crippen molar-refractivity contribution in [3.63, 3.8) is 0 Å². The van der Waals surface area contributed by atoms with Gasteiger partial charge < -0.3 is 9.13 Å². The molecule has 12 aromatic rings. The summed E-state index contributed by atoms with van der Waals surface area (Å²) in [6, 6.07) is 74.7. The normalized spacial score (nSPS) is 13.8. The van der Waals surface area contributed by atoms with Crippen LogP contribution < -0.4 is 0 Å². The van der Waals surface area contributed by atoms with Gasteiger partial charge in [0.1, 0.15) is 0 Å². The van der Waals surface area contributed by atoms with E-state index in [1.165, 1.54) is 77.2 Å². The number of benzene rings is 9. The largest absolute Gasteiger partial charge is 0.310 e. The zero-order valence-electron chi connectivity index (χ0n) is 39.5. The second-order valence-electron chi connectivity index (χ2n) is 19.5. The van der Waals surface area contributed by atoms with E-state index in [9.17, 15) is 0 Å². The molecule has 5 nitrogen and oxygen atoms in total. The molecule has 0 unspecified atom stereocenters. The van der Waals surface area contributed by atoms with Crippen molar-refractivity contribution in [1.29, 1.82) is 0 Å². The Morgan fingerprint density at radius 1 is 0.366 bits per heavy atom. The predicted octanol–water partition coefficient (Wildman–Crippen LogP) is 16.9. The summed E-state index contributed by atoms with van der Waals surface area (Å²) in [7, 11) is 0. The minimum Gasteiger partial charge on any atom is -0.310 e. The van der Waals surface area contributed by atoms with E-state index < -0.39 is 0 Å². The lowest BCUT2D eigenvalue weighted by molar-refractivity contribution is 0.660. The van der Waals surface area contributed by atoms with Crippen molar-refractivity contribution < 1.29 is 0 Å². The zero-order chi connectivity index (χ0) is 47.2. The highest BCUT2D eigenvalue weighted by Crippen LogP contribution is 2.49. The van der Waals surface area contributed by atoms with Gasteiger partial charge in [0.05, 0.1) is 22.1 Å². The molecule has 0 amide bonds. The van der Waals surface area contributed by atoms with Crippen LogP contribution in [0.15, 0.2) is 224 Å². The molecule has 0 aliphatic heterocycles. The fourth-order valence-corrected chi connectivity index (χ4v) is 11.5. The molecular weight excluding hydrogens is 863 g/mol. The lowest BCUT2D eigenvalue weighted by atomic mass is 9.82. The van der Waals surface area contributed by atoms with E-state index in [-0.39, 0.29) is 5.41 Å². The van der Waals surface area contributed by atoms with E-state index in [0.717, 1.165) is 51.9 Å². The Balaban J connectivity index is 0.842. The van der Waals surface area contributed by atoms with Gasteiger partial charge in [-0.25, -0.2) is 15.0 Å². The molecular formula is C66H47N5. The molecule has 0 spiro atoms. The molecule has 0 saturated carbocycles. The van der Waals surface area contributed by atoms with E-state index in [1.807, 2.05) is 18.2 Å². The van der Waals surface area contributed by atoms with Gasteiger partial charge in [-0.15, -0.1) is 0 Å². The summed E-state index contributed by atoms with van der Waals surface area (Å²) in [6.45, 7) is 4.62. The maximum absolute atomic E-state index is 5.23. The molecule has 0 saturated heterocycles. The van der Waals surface area contributed by atoms with E-state index in [4.69, 9.17) is 15.0 Å². The van der Waals surface area contributed by atoms with Crippen molar-refractivity contribution in [3.8, 4) is 73.2 Å². The highest BCUT2D eigenvalue weighted by atomic mass is 15.0. The van der Waals surface area contributed by atoms with Crippen LogP contribution in [0, 0.1) is 0 Å². The van der Waals surface area contributed by atoms with Crippen LogP contribution in [0.25, 0.3) is 123 Å². The molecule has 71 heavy (non-hydrogen) atoms. The van der Waals surface area contributed by atoms with Gasteiger partial charge in [0.15, 0.2) is 17.5 Å². The van der Waals surface area contributed by atoms with Gasteiger partial charge >= 0.3 is 0 Å². The first kappa shape index (κ1) is 41.1. The molecule has 336 valence electrons. The van der Waals surface area contributed by atoms with Gasteiger partial charge in [-0.3, -0.25) is 0 Å². The maximum atomic E-state index is 5.23. The molecule has 0 atom stereocenters. The topological polar surface area (TPSA) is 48.5 Å². The number of rotatable bonds is 7. The summed E-state index contributed by atoms with van der Waals surface area (Å²) in [5, 5.41) is 4.98. The van der Waals surface area contributed by atoms with Gasteiger partial charge in [0.25, 0.3) is 0 Å². The predicted molar refractivity (Wildman–Crippen MR) is 295 cm³/mol. The smallest absolute Gasteiger partial charge is 0.164 e. The average molecular weight is 910 g/mol. The van der Waals surface area contributed by atoms with E-state index in [1.54, 1.807) is 0 Å². The summed E-state index contributed by atoms with van der Waals surface area (Å²) >= 11 is 0. The third kappa shape index (κ3) is 6.65. The first-order chi connectivity index (χ1) is 34.9. The van der Waals surface area contributed by atoms with Crippen molar-refractivity contribution in [2.45, 2.75) is 32.1 Å². The third-order valence-corrected chi connectivity index (χ3v) is 15.0. The van der Waals surface area contributed by atoms with Crippen LogP contribution in [-0.4, -0.2) is 24.1 Å². The Kier molecular flexibility index (Phi) is 9.30. The number of hydrogen-bond donors (Lipinski definition) is 0. The summed E-state index contributed by atoms with van der Waals surface area (Å²) in [6.07, 6.45) is 9.07. The number of nitrogens with zero attached hydrogens (tertiary/aromatic N) is 5. The van der Waals surface area contributed by atoms with Crippen molar-refractivity contribution in [1.82, 2.24) is 24.1 Å². The van der Waals surface area contributed by atoms with Crippen molar-refractivity contribution in [2.75, 3.05) is 0 Å². The Hall–Kier alpha value is -8.93. The summed E-state index contributed by atoms with van der Waals surface area (Å²) in [4.78, 5) is 15.5. The minimum absolute atomic E-state index is 0.144. The van der Waals surface area contributed by atoms with Gasteiger partial charge in [0.2, 0.25) is 0 Å². The number of aromatic nitrogens is 5. The number of fused-ring (bicyclic) bond motifs is 9. The molecule has 0 radical (unpaired) electrons. The summed E-state index contributed by atoms with van der Waals surface area (Å²) in [5.74, 6) is 1.94. The zero-order valence-corrected chi connectivity index (χ0v) is 39.5. The second-order valence-corrected chi connectivity index (χ2v) is 19.5. The van der Waals surface area contributed by atoms with Crippen LogP contribution in [0.1, 0.15) is 37.8 Å². The van der Waals surface area contributed by atoms with Gasteiger partial charge in [-0.1, -0.05) is 178 Å². The number of allylic oxidation sites excluding steroid dienone is 4. The van der Waals surface area contributed by atoms with Gasteiger partial charge in [-0.05, 0) is 118 Å². The fourth-order valence-electron chi connectivity index (χ4n) is 11.5. The molecule has 3 aromatic heterocycles. The summed E-state index contributed by atoms with van der Waals surface area (Å²) < 4.78 is 4.82. The molecule has 9 aromatic carbocycles. The first-order valence-corrected chi connectivity index (χ1v) is 24.7. The molecule has 0 bridgehead atoms. The van der Waals surface area contributed by atoms with E-state index >= 15 is 0 Å². The quantitative estimate of drug-likeness (QED) is 0.160. The molecule has 0 fully saturated rings. The van der Waals surface area contributed by atoms with Gasteiger partial charge in [0, 0.05) is 55.0 Å². The second kappa shape index (κ2) is 16.1. The third-order valence-electron chi connectivity index (χ3n) is 15.0. The van der Waals surface area contributed by atoms with Crippen LogP contribution in [-0.2, 0) is 5.41 Å². The molecule has 5 heteroatoms. The van der Waals surface area contributed by atoms with Crippen LogP contribution in [0.2, 0.25) is 0 Å². The molecule has 3 heterocycles. The Morgan fingerprint density at radius 3 is 1.72 bits per heavy atom. The fraction of sp³-hybridized carbons (Fsp3) is 0.0758. The summed E-state index contributed by atoms with van der Waals surface area (Å²) in [5.41, 5.74) is 19.7. The Morgan fingerprint density at radius 2 is 0.930 bits per heavy atom. The number of hydrogen-bond acceptors (Lipinski definition) is 3. The Labute approximate surface area is 412 Å². The lowest BCUT2D eigenvalue weighted by Crippen LogP contribution is -2.15. The monoisotopic (exact) mass is 909 g/mol. The number of para-hydroxylation sites is 2. The highest BCUT2D eigenvalue weighted by Gasteiger charge is 2.35. The average Bonchev–Trinajstić information content (AvgIpc) is 4.03. The van der Waals surface area contributed by atoms with E-state index in [2.05, 4.69) is 229 Å². The molecule has 2 aliphatic carbocycles. The minimum atomic E-state index is -0.144. The highest BCUT2D eigenvalue weighted by molar-refractivity contribution is 6.12. The van der Waals surface area contributed by atoms with E-state index in [0.29, 0.717) is 17.5 Å². The van der Waals surface area contributed by atoms with Crippen molar-refractivity contribution in [3.05, 3.63) is 236 Å². The molecule has 0 N–H and O–H groups in total. The maximum Gasteiger partial charge on any atom is 0.164 e.